The van der Waals surface area contributed by atoms with Crippen LogP contribution in [0, 0.1) is 11.7 Å². The molecule has 0 bridgehead atoms. The maximum Gasteiger partial charge on any atom is 0.182 e. The van der Waals surface area contributed by atoms with E-state index >= 15 is 0 Å². The minimum Gasteiger partial charge on any atom is -0.330 e. The van der Waals surface area contributed by atoms with E-state index in [4.69, 9.17) is 12.2 Å². The van der Waals surface area contributed by atoms with Crippen molar-refractivity contribution < 1.29 is 0 Å². The number of aromatic nitrogens is 2. The second-order valence-electron chi connectivity index (χ2n) is 3.77. The standard InChI is InChI=1S/C12H10N2S2/c1-8-2-3-10-11(6-8)14(12(15)13-10)9-4-5-16-7-9/h2-7H,1H3,(H,13,15). The van der Waals surface area contributed by atoms with Gasteiger partial charge in [-0.2, -0.15) is 11.3 Å². The number of aryl methyl sites for hydroxylation is 1. The molecule has 4 heteroatoms. The Morgan fingerprint density at radius 2 is 2.19 bits per heavy atom. The Morgan fingerprint density at radius 3 is 2.94 bits per heavy atom. The minimum atomic E-state index is 0.749. The van der Waals surface area contributed by atoms with Crippen LogP contribution in [0.4, 0.5) is 0 Å². The Morgan fingerprint density at radius 1 is 1.31 bits per heavy atom. The number of thiophene rings is 1. The Bertz CT molecular complexity index is 689. The molecule has 1 aromatic carbocycles. The minimum absolute atomic E-state index is 0.749. The van der Waals surface area contributed by atoms with E-state index in [-0.39, 0.29) is 0 Å². The summed E-state index contributed by atoms with van der Waals surface area (Å²) in [5, 5.41) is 4.16. The van der Waals surface area contributed by atoms with Gasteiger partial charge in [-0.1, -0.05) is 6.07 Å². The maximum absolute atomic E-state index is 5.36. The number of nitrogens with one attached hydrogen (secondary N) is 1. The van der Waals surface area contributed by atoms with E-state index in [2.05, 4.69) is 51.5 Å². The van der Waals surface area contributed by atoms with E-state index in [1.54, 1.807) is 11.3 Å². The van der Waals surface area contributed by atoms with Gasteiger partial charge in [-0.3, -0.25) is 4.57 Å². The second-order valence-corrected chi connectivity index (χ2v) is 4.93. The molecule has 16 heavy (non-hydrogen) atoms. The van der Waals surface area contributed by atoms with Crippen molar-refractivity contribution in [3.05, 3.63) is 45.4 Å². The summed E-state index contributed by atoms with van der Waals surface area (Å²) < 4.78 is 2.83. The molecule has 0 saturated heterocycles. The Hall–Kier alpha value is -1.39. The van der Waals surface area contributed by atoms with Gasteiger partial charge in [0.05, 0.1) is 16.7 Å². The molecule has 0 spiro atoms. The van der Waals surface area contributed by atoms with Crippen LogP contribution in [0.5, 0.6) is 0 Å². The van der Waals surface area contributed by atoms with Crippen LogP contribution in [0.2, 0.25) is 0 Å². The number of H-pyrrole nitrogens is 1. The second kappa shape index (κ2) is 3.57. The van der Waals surface area contributed by atoms with Crippen LogP contribution in [0.15, 0.2) is 35.0 Å². The summed E-state index contributed by atoms with van der Waals surface area (Å²) in [4.78, 5) is 3.22. The predicted octanol–water partition coefficient (Wildman–Crippen LogP) is 4.06. The Balaban J connectivity index is 2.43. The first kappa shape index (κ1) is 9.81. The van der Waals surface area contributed by atoms with Gasteiger partial charge < -0.3 is 4.98 Å². The van der Waals surface area contributed by atoms with Crippen LogP contribution in [-0.4, -0.2) is 9.55 Å². The van der Waals surface area contributed by atoms with Crippen LogP contribution in [0.25, 0.3) is 16.7 Å². The van der Waals surface area contributed by atoms with Gasteiger partial charge in [0.25, 0.3) is 0 Å². The van der Waals surface area contributed by atoms with Crippen molar-refractivity contribution >= 4 is 34.6 Å². The molecule has 0 unspecified atom stereocenters. The van der Waals surface area contributed by atoms with Gasteiger partial charge in [-0.15, -0.1) is 0 Å². The van der Waals surface area contributed by atoms with Crippen molar-refractivity contribution in [3.8, 4) is 5.69 Å². The fraction of sp³-hybridized carbons (Fsp3) is 0.0833. The van der Waals surface area contributed by atoms with Crippen LogP contribution in [-0.2, 0) is 0 Å². The zero-order valence-electron chi connectivity index (χ0n) is 8.73. The largest absolute Gasteiger partial charge is 0.330 e. The maximum atomic E-state index is 5.36. The quantitative estimate of drug-likeness (QED) is 0.642. The normalized spacial score (nSPS) is 11.1. The highest BCUT2D eigenvalue weighted by Crippen LogP contribution is 2.22. The summed E-state index contributed by atoms with van der Waals surface area (Å²) in [5.74, 6) is 0. The summed E-state index contributed by atoms with van der Waals surface area (Å²) in [5.41, 5.74) is 4.60. The fourth-order valence-corrected chi connectivity index (χ4v) is 2.79. The van der Waals surface area contributed by atoms with E-state index in [0.717, 1.165) is 21.5 Å². The lowest BCUT2D eigenvalue weighted by Crippen LogP contribution is -1.91. The zero-order chi connectivity index (χ0) is 11.1. The molecular weight excluding hydrogens is 236 g/mol. The third kappa shape index (κ3) is 1.42. The molecule has 80 valence electrons. The average molecular weight is 246 g/mol. The highest BCUT2D eigenvalue weighted by molar-refractivity contribution is 7.71. The first-order chi connectivity index (χ1) is 7.75. The number of hydrogen-bond acceptors (Lipinski definition) is 2. The molecule has 2 heterocycles. The highest BCUT2D eigenvalue weighted by atomic mass is 32.1. The SMILES string of the molecule is Cc1ccc2[nH]c(=S)n(-c3ccsc3)c2c1. The molecule has 2 aromatic heterocycles. The molecule has 3 rings (SSSR count). The van der Waals surface area contributed by atoms with E-state index in [0.29, 0.717) is 0 Å². The lowest BCUT2D eigenvalue weighted by molar-refractivity contribution is 1.07. The molecule has 2 nitrogen and oxygen atoms in total. The molecule has 0 aliphatic rings. The van der Waals surface area contributed by atoms with Gasteiger partial charge in [0.2, 0.25) is 0 Å². The molecule has 0 amide bonds. The van der Waals surface area contributed by atoms with Crippen molar-refractivity contribution in [1.29, 1.82) is 0 Å². The first-order valence-electron chi connectivity index (χ1n) is 5.00. The van der Waals surface area contributed by atoms with Crippen LogP contribution in [0.3, 0.4) is 0 Å². The number of nitrogens with zero attached hydrogens (tertiary/aromatic N) is 1. The van der Waals surface area contributed by atoms with Crippen molar-refractivity contribution in [1.82, 2.24) is 9.55 Å². The van der Waals surface area contributed by atoms with E-state index in [9.17, 15) is 0 Å². The molecule has 0 atom stereocenters. The fourth-order valence-electron chi connectivity index (χ4n) is 1.85. The number of aromatic amines is 1. The average Bonchev–Trinajstić information content (AvgIpc) is 2.83. The van der Waals surface area contributed by atoms with Crippen molar-refractivity contribution in [2.45, 2.75) is 6.92 Å². The molecule has 0 aliphatic carbocycles. The molecule has 0 aliphatic heterocycles. The molecule has 0 fully saturated rings. The summed E-state index contributed by atoms with van der Waals surface area (Å²) in [6.07, 6.45) is 0. The van der Waals surface area contributed by atoms with Gasteiger partial charge in [-0.25, -0.2) is 0 Å². The summed E-state index contributed by atoms with van der Waals surface area (Å²) in [7, 11) is 0. The topological polar surface area (TPSA) is 20.7 Å². The van der Waals surface area contributed by atoms with Crippen LogP contribution < -0.4 is 0 Å². The molecule has 1 N–H and O–H groups in total. The first-order valence-corrected chi connectivity index (χ1v) is 6.35. The smallest absolute Gasteiger partial charge is 0.182 e. The third-order valence-corrected chi connectivity index (χ3v) is 3.56. The van der Waals surface area contributed by atoms with Crippen molar-refractivity contribution in [3.63, 3.8) is 0 Å². The number of benzene rings is 1. The van der Waals surface area contributed by atoms with Crippen LogP contribution in [0.1, 0.15) is 5.56 Å². The Kier molecular flexibility index (Phi) is 2.19. The lowest BCUT2D eigenvalue weighted by atomic mass is 10.2. The third-order valence-electron chi connectivity index (χ3n) is 2.60. The van der Waals surface area contributed by atoms with Crippen molar-refractivity contribution in [2.24, 2.45) is 0 Å². The van der Waals surface area contributed by atoms with Gasteiger partial charge in [0.1, 0.15) is 0 Å². The van der Waals surface area contributed by atoms with Crippen molar-refractivity contribution in [2.75, 3.05) is 0 Å². The zero-order valence-corrected chi connectivity index (χ0v) is 10.4. The highest BCUT2D eigenvalue weighted by Gasteiger charge is 2.06. The molecular formula is C12H10N2S2. The summed E-state index contributed by atoms with van der Waals surface area (Å²) in [6.45, 7) is 2.09. The molecule has 0 radical (unpaired) electrons. The number of rotatable bonds is 1. The number of fused-ring (bicyclic) bond motifs is 1. The van der Waals surface area contributed by atoms with Gasteiger partial charge in [-0.05, 0) is 48.3 Å². The summed E-state index contributed by atoms with van der Waals surface area (Å²) in [6, 6.07) is 8.39. The molecule has 3 aromatic rings. The van der Waals surface area contributed by atoms with E-state index < -0.39 is 0 Å². The summed E-state index contributed by atoms with van der Waals surface area (Å²) >= 11 is 7.03. The lowest BCUT2D eigenvalue weighted by Gasteiger charge is -2.01. The molecule has 0 saturated carbocycles. The number of imidazole rings is 1. The Labute approximate surface area is 102 Å². The monoisotopic (exact) mass is 246 g/mol. The predicted molar refractivity (Wildman–Crippen MR) is 71.1 cm³/mol. The van der Waals surface area contributed by atoms with E-state index in [1.807, 2.05) is 0 Å². The number of hydrogen-bond donors (Lipinski definition) is 1. The van der Waals surface area contributed by atoms with Gasteiger partial charge >= 0.3 is 0 Å². The van der Waals surface area contributed by atoms with Gasteiger partial charge in [0.15, 0.2) is 4.77 Å². The van der Waals surface area contributed by atoms with Crippen LogP contribution >= 0.6 is 23.6 Å². The van der Waals surface area contributed by atoms with Gasteiger partial charge in [0, 0.05) is 5.38 Å². The van der Waals surface area contributed by atoms with E-state index in [1.165, 1.54) is 5.56 Å².